The predicted octanol–water partition coefficient (Wildman–Crippen LogP) is 3.34. The van der Waals surface area contributed by atoms with Gasteiger partial charge in [0.05, 0.1) is 0 Å². The van der Waals surface area contributed by atoms with Crippen LogP contribution in [0.25, 0.3) is 0 Å². The molecule has 1 aliphatic carbocycles. The monoisotopic (exact) mass is 287 g/mol. The average Bonchev–Trinajstić information content (AvgIpc) is 2.79. The molecule has 2 aliphatic rings. The van der Waals surface area contributed by atoms with Crippen LogP contribution in [0, 0.1) is 5.92 Å². The molecule has 2 rings (SSSR count). The van der Waals surface area contributed by atoms with Crippen molar-refractivity contribution in [1.29, 1.82) is 0 Å². The summed E-state index contributed by atoms with van der Waals surface area (Å²) in [6, 6.07) is 0.576. The van der Waals surface area contributed by atoms with E-state index in [1.807, 2.05) is 0 Å². The first-order valence-corrected chi connectivity index (χ1v) is 7.80. The summed E-state index contributed by atoms with van der Waals surface area (Å²) in [5.74, 6) is 1.17. The van der Waals surface area contributed by atoms with E-state index in [2.05, 4.69) is 20.8 Å². The van der Waals surface area contributed by atoms with Gasteiger partial charge < -0.3 is 4.90 Å². The number of carbonyl (C=O) groups is 1. The summed E-state index contributed by atoms with van der Waals surface area (Å²) in [7, 11) is 0. The number of hydrogen-bond donors (Lipinski definition) is 0. The van der Waals surface area contributed by atoms with Gasteiger partial charge >= 0.3 is 0 Å². The van der Waals surface area contributed by atoms with Crippen molar-refractivity contribution in [3.05, 3.63) is 0 Å². The fraction of sp³-hybridized carbons (Fsp3) is 0.923. The number of halogens is 1. The van der Waals surface area contributed by atoms with Crippen LogP contribution >= 0.6 is 15.9 Å². The topological polar surface area (TPSA) is 20.3 Å². The number of carbonyl (C=O) groups excluding carboxylic acids is 1. The van der Waals surface area contributed by atoms with Crippen LogP contribution in [0.1, 0.15) is 51.4 Å². The number of amides is 1. The van der Waals surface area contributed by atoms with Crippen LogP contribution in [-0.2, 0) is 4.79 Å². The van der Waals surface area contributed by atoms with Crippen molar-refractivity contribution in [1.82, 2.24) is 4.90 Å². The van der Waals surface area contributed by atoms with Crippen molar-refractivity contribution in [2.24, 2.45) is 5.92 Å². The van der Waals surface area contributed by atoms with Gasteiger partial charge in [-0.15, -0.1) is 0 Å². The molecule has 1 amide bonds. The zero-order chi connectivity index (χ0) is 11.4. The second-order valence-corrected chi connectivity index (χ2v) is 5.93. The van der Waals surface area contributed by atoms with Crippen LogP contribution in [0.2, 0.25) is 0 Å². The van der Waals surface area contributed by atoms with E-state index < -0.39 is 0 Å². The predicted molar refractivity (Wildman–Crippen MR) is 69.7 cm³/mol. The van der Waals surface area contributed by atoms with E-state index in [4.69, 9.17) is 0 Å². The summed E-state index contributed by atoms with van der Waals surface area (Å²) in [4.78, 5) is 14.2. The van der Waals surface area contributed by atoms with E-state index in [-0.39, 0.29) is 0 Å². The minimum atomic E-state index is 0.366. The first kappa shape index (κ1) is 12.4. The summed E-state index contributed by atoms with van der Waals surface area (Å²) in [6.07, 6.45) is 9.99. The third-order valence-electron chi connectivity index (χ3n) is 4.12. The van der Waals surface area contributed by atoms with Crippen LogP contribution in [0.4, 0.5) is 0 Å². The number of likely N-dealkylation sites (tertiary alicyclic amines) is 1. The van der Waals surface area contributed by atoms with Gasteiger partial charge in [-0.1, -0.05) is 35.2 Å². The lowest BCUT2D eigenvalue weighted by atomic mass is 9.83. The molecule has 0 radical (unpaired) electrons. The molecule has 1 atom stereocenters. The van der Waals surface area contributed by atoms with E-state index in [0.29, 0.717) is 18.4 Å². The molecule has 1 saturated carbocycles. The highest BCUT2D eigenvalue weighted by atomic mass is 79.9. The Morgan fingerprint density at radius 3 is 2.56 bits per heavy atom. The van der Waals surface area contributed by atoms with Crippen molar-refractivity contribution in [2.45, 2.75) is 57.4 Å². The zero-order valence-electron chi connectivity index (χ0n) is 9.96. The van der Waals surface area contributed by atoms with E-state index in [1.165, 1.54) is 44.9 Å². The molecule has 1 unspecified atom stereocenters. The van der Waals surface area contributed by atoms with Gasteiger partial charge in [0.25, 0.3) is 0 Å². The minimum absolute atomic E-state index is 0.366. The van der Waals surface area contributed by atoms with Gasteiger partial charge in [0.2, 0.25) is 5.91 Å². The van der Waals surface area contributed by atoms with Crippen molar-refractivity contribution in [3.8, 4) is 0 Å². The minimum Gasteiger partial charge on any atom is -0.339 e. The lowest BCUT2D eigenvalue weighted by Gasteiger charge is -2.34. The van der Waals surface area contributed by atoms with Crippen LogP contribution < -0.4 is 0 Å². The Kier molecular flexibility index (Phi) is 4.68. The van der Waals surface area contributed by atoms with Gasteiger partial charge in [0, 0.05) is 24.3 Å². The normalized spacial score (nSPS) is 27.3. The summed E-state index contributed by atoms with van der Waals surface area (Å²) in [6.45, 7) is 1.01. The van der Waals surface area contributed by atoms with Crippen LogP contribution in [0.3, 0.4) is 0 Å². The van der Waals surface area contributed by atoms with E-state index in [9.17, 15) is 4.79 Å². The first-order chi connectivity index (χ1) is 7.83. The van der Waals surface area contributed by atoms with Gasteiger partial charge in [-0.2, -0.15) is 0 Å². The smallest absolute Gasteiger partial charge is 0.223 e. The third-order valence-corrected chi connectivity index (χ3v) is 4.52. The lowest BCUT2D eigenvalue weighted by Crippen LogP contribution is -2.40. The van der Waals surface area contributed by atoms with E-state index in [1.54, 1.807) is 0 Å². The molecule has 16 heavy (non-hydrogen) atoms. The maximum Gasteiger partial charge on any atom is 0.223 e. The Labute approximate surface area is 107 Å². The second-order valence-electron chi connectivity index (χ2n) is 5.13. The summed E-state index contributed by atoms with van der Waals surface area (Å²) < 4.78 is 0. The zero-order valence-corrected chi connectivity index (χ0v) is 11.5. The maximum absolute atomic E-state index is 12.0. The molecule has 0 aromatic rings. The average molecular weight is 288 g/mol. The van der Waals surface area contributed by atoms with Gasteiger partial charge in [-0.05, 0) is 31.6 Å². The lowest BCUT2D eigenvalue weighted by molar-refractivity contribution is -0.132. The third kappa shape index (κ3) is 2.79. The van der Waals surface area contributed by atoms with E-state index >= 15 is 0 Å². The molecule has 0 bridgehead atoms. The molecule has 0 spiro atoms. The molecule has 1 saturated heterocycles. The van der Waals surface area contributed by atoms with Gasteiger partial charge in [-0.25, -0.2) is 0 Å². The van der Waals surface area contributed by atoms with Crippen molar-refractivity contribution in [3.63, 3.8) is 0 Å². The fourth-order valence-corrected chi connectivity index (χ4v) is 3.67. The Morgan fingerprint density at radius 2 is 1.88 bits per heavy atom. The quantitative estimate of drug-likeness (QED) is 0.729. The van der Waals surface area contributed by atoms with Crippen molar-refractivity contribution < 1.29 is 4.79 Å². The van der Waals surface area contributed by atoms with Crippen LogP contribution in [0.15, 0.2) is 0 Å². The molecule has 2 fully saturated rings. The summed E-state index contributed by atoms with van der Waals surface area (Å²) in [5, 5.41) is 0.805. The van der Waals surface area contributed by atoms with Crippen LogP contribution in [-0.4, -0.2) is 28.7 Å². The maximum atomic E-state index is 12.0. The highest BCUT2D eigenvalue weighted by Crippen LogP contribution is 2.34. The number of nitrogens with zero attached hydrogens (tertiary/aromatic N) is 1. The first-order valence-electron chi connectivity index (χ1n) is 6.68. The summed E-state index contributed by atoms with van der Waals surface area (Å²) >= 11 is 3.37. The van der Waals surface area contributed by atoms with Crippen molar-refractivity contribution >= 4 is 21.8 Å². The molecule has 0 aromatic heterocycles. The molecule has 0 aromatic carbocycles. The number of alkyl halides is 1. The molecular weight excluding hydrogens is 266 g/mol. The molecule has 92 valence electrons. The van der Waals surface area contributed by atoms with Crippen molar-refractivity contribution in [2.75, 3.05) is 11.9 Å². The fourth-order valence-electron chi connectivity index (χ4n) is 3.34. The highest BCUT2D eigenvalue weighted by Gasteiger charge is 2.34. The Morgan fingerprint density at radius 1 is 1.12 bits per heavy atom. The standard InChI is InChI=1S/C13H22BrNO/c14-9-8-13(16)15-10-4-7-12(15)11-5-2-1-3-6-11/h11-12H,1-10H2. The molecular formula is C13H22BrNO. The Balaban J connectivity index is 1.93. The molecule has 3 heteroatoms. The SMILES string of the molecule is O=C(CCBr)N1CCCC1C1CCCCC1. The van der Waals surface area contributed by atoms with E-state index in [0.717, 1.165) is 17.8 Å². The second kappa shape index (κ2) is 6.04. The number of hydrogen-bond acceptors (Lipinski definition) is 1. The van der Waals surface area contributed by atoms with Gasteiger partial charge in [0.15, 0.2) is 0 Å². The van der Waals surface area contributed by atoms with Gasteiger partial charge in [0.1, 0.15) is 0 Å². The molecule has 1 heterocycles. The Bertz CT molecular complexity index is 238. The Hall–Kier alpha value is -0.0500. The molecule has 1 aliphatic heterocycles. The largest absolute Gasteiger partial charge is 0.339 e. The van der Waals surface area contributed by atoms with Crippen LogP contribution in [0.5, 0.6) is 0 Å². The molecule has 2 nitrogen and oxygen atoms in total. The molecule has 0 N–H and O–H groups in total. The summed E-state index contributed by atoms with van der Waals surface area (Å²) in [5.41, 5.74) is 0. The number of rotatable bonds is 3. The highest BCUT2D eigenvalue weighted by molar-refractivity contribution is 9.09. The van der Waals surface area contributed by atoms with Gasteiger partial charge in [-0.3, -0.25) is 4.79 Å².